The number of methoxy groups -OCH3 is 1. The molecule has 0 saturated carbocycles. The molecule has 0 aliphatic heterocycles. The predicted molar refractivity (Wildman–Crippen MR) is 89.6 cm³/mol. The minimum atomic E-state index is -0.152. The molecule has 0 aliphatic rings. The maximum Gasteiger partial charge on any atom is 0.254 e. The number of aromatic nitrogens is 2. The normalized spacial score (nSPS) is 11.6. The highest BCUT2D eigenvalue weighted by molar-refractivity contribution is 5.93. The number of benzene rings is 1. The second-order valence-electron chi connectivity index (χ2n) is 5.28. The Balaban J connectivity index is 1.90. The molecule has 0 fully saturated rings. The van der Waals surface area contributed by atoms with Crippen LogP contribution in [0.5, 0.6) is 5.75 Å². The van der Waals surface area contributed by atoms with Gasteiger partial charge in [0.25, 0.3) is 5.91 Å². The van der Waals surface area contributed by atoms with Crippen molar-refractivity contribution in [2.24, 2.45) is 0 Å². The molecule has 2 aromatic rings. The van der Waals surface area contributed by atoms with Crippen LogP contribution in [0.1, 0.15) is 36.2 Å². The van der Waals surface area contributed by atoms with Crippen LogP contribution in [0.2, 0.25) is 0 Å². The fourth-order valence-electron chi connectivity index (χ4n) is 1.87. The summed E-state index contributed by atoms with van der Waals surface area (Å²) in [6, 6.07) is 7.88. The summed E-state index contributed by atoms with van der Waals surface area (Å²) in [5, 5.41) is 6.00. The van der Waals surface area contributed by atoms with Gasteiger partial charge in [-0.2, -0.15) is 0 Å². The topological polar surface area (TPSA) is 76.1 Å². The highest BCUT2D eigenvalue weighted by Crippen LogP contribution is 2.12. The summed E-state index contributed by atoms with van der Waals surface area (Å²) in [5.41, 5.74) is 1.55. The van der Waals surface area contributed by atoms with Crippen molar-refractivity contribution in [2.75, 3.05) is 12.4 Å². The van der Waals surface area contributed by atoms with E-state index in [1.807, 2.05) is 38.1 Å². The van der Waals surface area contributed by atoms with Gasteiger partial charge in [0.05, 0.1) is 12.7 Å². The standard InChI is InChI=1S/C17H22N4O2/c1-4-12(2)21-16(22)14-10-19-17(20-11-14)18-9-13-5-7-15(23-3)8-6-13/h5-8,10-12H,4,9H2,1-3H3,(H,21,22)(H,18,19,20). The fourth-order valence-corrected chi connectivity index (χ4v) is 1.87. The van der Waals surface area contributed by atoms with Gasteiger partial charge in [-0.05, 0) is 31.0 Å². The number of amides is 1. The van der Waals surface area contributed by atoms with Gasteiger partial charge < -0.3 is 15.4 Å². The van der Waals surface area contributed by atoms with E-state index in [1.54, 1.807) is 7.11 Å². The zero-order valence-electron chi connectivity index (χ0n) is 13.7. The molecule has 1 amide bonds. The first-order valence-electron chi connectivity index (χ1n) is 7.62. The number of nitrogens with one attached hydrogen (secondary N) is 2. The van der Waals surface area contributed by atoms with Gasteiger partial charge in [-0.1, -0.05) is 19.1 Å². The van der Waals surface area contributed by atoms with Gasteiger partial charge in [0.1, 0.15) is 5.75 Å². The summed E-state index contributed by atoms with van der Waals surface area (Å²) in [5.74, 6) is 1.16. The van der Waals surface area contributed by atoms with Crippen LogP contribution in [0.4, 0.5) is 5.95 Å². The summed E-state index contributed by atoms with van der Waals surface area (Å²) in [4.78, 5) is 20.3. The van der Waals surface area contributed by atoms with Crippen molar-refractivity contribution in [3.05, 3.63) is 47.8 Å². The number of ether oxygens (including phenoxy) is 1. The third kappa shape index (κ3) is 4.95. The molecule has 0 saturated heterocycles. The van der Waals surface area contributed by atoms with E-state index in [4.69, 9.17) is 4.74 Å². The van der Waals surface area contributed by atoms with Crippen molar-refractivity contribution in [3.8, 4) is 5.75 Å². The van der Waals surface area contributed by atoms with Crippen LogP contribution in [0, 0.1) is 0 Å². The van der Waals surface area contributed by atoms with E-state index in [9.17, 15) is 4.79 Å². The molecule has 23 heavy (non-hydrogen) atoms. The highest BCUT2D eigenvalue weighted by atomic mass is 16.5. The Morgan fingerprint density at radius 1 is 1.22 bits per heavy atom. The number of carbonyl (C=O) groups excluding carboxylic acids is 1. The van der Waals surface area contributed by atoms with Crippen LogP contribution in [0.25, 0.3) is 0 Å². The van der Waals surface area contributed by atoms with E-state index in [1.165, 1.54) is 12.4 Å². The molecule has 0 bridgehead atoms. The predicted octanol–water partition coefficient (Wildman–Crippen LogP) is 2.63. The van der Waals surface area contributed by atoms with Crippen LogP contribution in [0.3, 0.4) is 0 Å². The number of anilines is 1. The van der Waals surface area contributed by atoms with Crippen molar-refractivity contribution in [2.45, 2.75) is 32.9 Å². The van der Waals surface area contributed by atoms with Gasteiger partial charge in [-0.25, -0.2) is 9.97 Å². The molecule has 2 N–H and O–H groups in total. The Morgan fingerprint density at radius 2 is 1.87 bits per heavy atom. The molecule has 1 aromatic heterocycles. The lowest BCUT2D eigenvalue weighted by atomic mass is 10.2. The number of rotatable bonds is 7. The lowest BCUT2D eigenvalue weighted by molar-refractivity contribution is 0.0938. The van der Waals surface area contributed by atoms with Crippen LogP contribution in [0.15, 0.2) is 36.7 Å². The lowest BCUT2D eigenvalue weighted by Crippen LogP contribution is -2.32. The molecule has 1 atom stereocenters. The number of nitrogens with zero attached hydrogens (tertiary/aromatic N) is 2. The quantitative estimate of drug-likeness (QED) is 0.821. The van der Waals surface area contributed by atoms with Gasteiger partial charge in [0.15, 0.2) is 0 Å². The van der Waals surface area contributed by atoms with E-state index in [2.05, 4.69) is 20.6 Å². The van der Waals surface area contributed by atoms with Crippen LogP contribution in [-0.4, -0.2) is 29.0 Å². The summed E-state index contributed by atoms with van der Waals surface area (Å²) in [6.07, 6.45) is 3.94. The molecule has 1 heterocycles. The number of carbonyl (C=O) groups is 1. The first-order valence-corrected chi connectivity index (χ1v) is 7.62. The van der Waals surface area contributed by atoms with E-state index in [-0.39, 0.29) is 11.9 Å². The third-order valence-corrected chi connectivity index (χ3v) is 3.51. The SMILES string of the molecule is CCC(C)NC(=O)c1cnc(NCc2ccc(OC)cc2)nc1. The van der Waals surface area contributed by atoms with Crippen molar-refractivity contribution in [1.29, 1.82) is 0 Å². The van der Waals surface area contributed by atoms with Gasteiger partial charge >= 0.3 is 0 Å². The zero-order chi connectivity index (χ0) is 16.7. The Hall–Kier alpha value is -2.63. The minimum absolute atomic E-state index is 0.135. The van der Waals surface area contributed by atoms with Crippen LogP contribution >= 0.6 is 0 Å². The van der Waals surface area contributed by atoms with Crippen molar-refractivity contribution in [3.63, 3.8) is 0 Å². The van der Waals surface area contributed by atoms with Crippen molar-refractivity contribution >= 4 is 11.9 Å². The van der Waals surface area contributed by atoms with E-state index in [0.717, 1.165) is 17.7 Å². The molecule has 1 aromatic carbocycles. The molecular formula is C17H22N4O2. The summed E-state index contributed by atoms with van der Waals surface area (Å²) >= 11 is 0. The van der Waals surface area contributed by atoms with Gasteiger partial charge in [0.2, 0.25) is 5.95 Å². The maximum absolute atomic E-state index is 11.9. The molecular weight excluding hydrogens is 292 g/mol. The smallest absolute Gasteiger partial charge is 0.254 e. The largest absolute Gasteiger partial charge is 0.497 e. The molecule has 6 nitrogen and oxygen atoms in total. The van der Waals surface area contributed by atoms with E-state index in [0.29, 0.717) is 18.1 Å². The Kier molecular flexibility index (Phi) is 5.91. The molecule has 122 valence electrons. The molecule has 0 aliphatic carbocycles. The third-order valence-electron chi connectivity index (χ3n) is 3.51. The number of hydrogen-bond acceptors (Lipinski definition) is 5. The minimum Gasteiger partial charge on any atom is -0.497 e. The number of hydrogen-bond donors (Lipinski definition) is 2. The first kappa shape index (κ1) is 16.7. The fraction of sp³-hybridized carbons (Fsp3) is 0.353. The van der Waals surface area contributed by atoms with Gasteiger partial charge in [-0.3, -0.25) is 4.79 Å². The second-order valence-corrected chi connectivity index (χ2v) is 5.28. The lowest BCUT2D eigenvalue weighted by Gasteiger charge is -2.11. The summed E-state index contributed by atoms with van der Waals surface area (Å²) in [7, 11) is 1.64. The molecule has 6 heteroatoms. The Bertz CT molecular complexity index is 626. The zero-order valence-corrected chi connectivity index (χ0v) is 13.7. The average Bonchev–Trinajstić information content (AvgIpc) is 2.60. The molecule has 1 unspecified atom stereocenters. The Morgan fingerprint density at radius 3 is 2.43 bits per heavy atom. The maximum atomic E-state index is 11.9. The van der Waals surface area contributed by atoms with Crippen LogP contribution in [-0.2, 0) is 6.54 Å². The van der Waals surface area contributed by atoms with Gasteiger partial charge in [0, 0.05) is 25.0 Å². The molecule has 0 spiro atoms. The Labute approximate surface area is 136 Å². The summed E-state index contributed by atoms with van der Waals surface area (Å²) in [6.45, 7) is 4.58. The molecule has 2 rings (SSSR count). The van der Waals surface area contributed by atoms with Crippen LogP contribution < -0.4 is 15.4 Å². The van der Waals surface area contributed by atoms with Gasteiger partial charge in [-0.15, -0.1) is 0 Å². The molecule has 0 radical (unpaired) electrons. The monoisotopic (exact) mass is 314 g/mol. The summed E-state index contributed by atoms with van der Waals surface area (Å²) < 4.78 is 5.12. The van der Waals surface area contributed by atoms with E-state index >= 15 is 0 Å². The average molecular weight is 314 g/mol. The van der Waals surface area contributed by atoms with E-state index < -0.39 is 0 Å². The highest BCUT2D eigenvalue weighted by Gasteiger charge is 2.09. The first-order chi connectivity index (χ1) is 11.1. The van der Waals surface area contributed by atoms with Crippen molar-refractivity contribution in [1.82, 2.24) is 15.3 Å². The second kappa shape index (κ2) is 8.12. The van der Waals surface area contributed by atoms with Crippen molar-refractivity contribution < 1.29 is 9.53 Å².